The van der Waals surface area contributed by atoms with Crippen molar-refractivity contribution >= 4 is 15.9 Å². The maximum Gasteiger partial charge on any atom is 0.243 e. The number of amides is 1. The molecule has 7 nitrogen and oxygen atoms in total. The fourth-order valence-corrected chi connectivity index (χ4v) is 5.90. The number of likely N-dealkylation sites (N-methyl/N-ethyl adjacent to an activating group) is 1. The van der Waals surface area contributed by atoms with Gasteiger partial charge in [-0.15, -0.1) is 0 Å². The largest absolute Gasteiger partial charge is 0.497 e. The predicted molar refractivity (Wildman–Crippen MR) is 130 cm³/mol. The summed E-state index contributed by atoms with van der Waals surface area (Å²) in [4.78, 5) is 15.6. The fourth-order valence-electron chi connectivity index (χ4n) is 4.41. The first-order chi connectivity index (χ1) is 15.9. The number of nitrogens with zero attached hydrogens (tertiary/aromatic N) is 2. The van der Waals surface area contributed by atoms with E-state index in [4.69, 9.17) is 4.74 Å². The van der Waals surface area contributed by atoms with E-state index in [1.807, 2.05) is 18.2 Å². The lowest BCUT2D eigenvalue weighted by molar-refractivity contribution is -0.126. The number of ether oxygens (including phenoxy) is 1. The van der Waals surface area contributed by atoms with Crippen LogP contribution in [0.2, 0.25) is 0 Å². The lowest BCUT2D eigenvalue weighted by atomic mass is 9.97. The van der Waals surface area contributed by atoms with Gasteiger partial charge in [0.1, 0.15) is 5.75 Å². The minimum Gasteiger partial charge on any atom is -0.497 e. The van der Waals surface area contributed by atoms with Gasteiger partial charge in [0, 0.05) is 25.6 Å². The molecule has 0 radical (unpaired) electrons. The molecule has 1 N–H and O–H groups in total. The summed E-state index contributed by atoms with van der Waals surface area (Å²) < 4.78 is 32.5. The number of nitrogens with one attached hydrogen (secondary N) is 1. The molecule has 1 atom stereocenters. The van der Waals surface area contributed by atoms with Crippen molar-refractivity contribution in [3.05, 3.63) is 60.2 Å². The van der Waals surface area contributed by atoms with Crippen LogP contribution in [0.1, 0.15) is 38.3 Å². The smallest absolute Gasteiger partial charge is 0.243 e. The quantitative estimate of drug-likeness (QED) is 0.573. The summed E-state index contributed by atoms with van der Waals surface area (Å²) in [5.74, 6) is 0.602. The molecule has 33 heavy (non-hydrogen) atoms. The normalized spacial score (nSPS) is 16.5. The third-order valence-electron chi connectivity index (χ3n) is 6.41. The van der Waals surface area contributed by atoms with Crippen LogP contribution in [0.4, 0.5) is 0 Å². The van der Waals surface area contributed by atoms with Gasteiger partial charge in [0.2, 0.25) is 15.9 Å². The highest BCUT2D eigenvalue weighted by molar-refractivity contribution is 7.89. The minimum absolute atomic E-state index is 0.00758. The number of sulfonamides is 1. The molecular formula is C25H35N3O4S. The lowest BCUT2D eigenvalue weighted by Gasteiger charge is -2.33. The van der Waals surface area contributed by atoms with Crippen molar-refractivity contribution in [3.63, 3.8) is 0 Å². The van der Waals surface area contributed by atoms with Crippen LogP contribution in [-0.2, 0) is 14.8 Å². The Bertz CT molecular complexity index is 1000. The zero-order chi connectivity index (χ0) is 23.8. The van der Waals surface area contributed by atoms with Crippen LogP contribution >= 0.6 is 0 Å². The highest BCUT2D eigenvalue weighted by Crippen LogP contribution is 2.26. The Kier molecular flexibility index (Phi) is 8.88. The number of benzene rings is 2. The van der Waals surface area contributed by atoms with E-state index in [1.54, 1.807) is 37.4 Å². The van der Waals surface area contributed by atoms with E-state index in [0.29, 0.717) is 37.4 Å². The monoisotopic (exact) mass is 473 g/mol. The first-order valence-corrected chi connectivity index (χ1v) is 13.1. The number of hydrogen-bond acceptors (Lipinski definition) is 5. The minimum atomic E-state index is -3.51. The van der Waals surface area contributed by atoms with Crippen molar-refractivity contribution in [1.29, 1.82) is 0 Å². The third kappa shape index (κ3) is 6.13. The molecule has 3 rings (SSSR count). The third-order valence-corrected chi connectivity index (χ3v) is 8.32. The van der Waals surface area contributed by atoms with Crippen molar-refractivity contribution in [1.82, 2.24) is 14.5 Å². The van der Waals surface area contributed by atoms with Crippen molar-refractivity contribution in [2.45, 2.75) is 37.6 Å². The zero-order valence-corrected chi connectivity index (χ0v) is 20.6. The molecule has 1 saturated heterocycles. The van der Waals surface area contributed by atoms with E-state index < -0.39 is 10.0 Å². The first-order valence-electron chi connectivity index (χ1n) is 11.6. The summed E-state index contributed by atoms with van der Waals surface area (Å²) in [6, 6.07) is 16.5. The van der Waals surface area contributed by atoms with Crippen LogP contribution < -0.4 is 10.1 Å². The molecule has 1 heterocycles. The van der Waals surface area contributed by atoms with Crippen LogP contribution in [0.3, 0.4) is 0 Å². The molecule has 0 bridgehead atoms. The molecule has 1 unspecified atom stereocenters. The Morgan fingerprint density at radius 2 is 1.76 bits per heavy atom. The number of piperidine rings is 1. The summed E-state index contributed by atoms with van der Waals surface area (Å²) in [6.45, 7) is 7.16. The Morgan fingerprint density at radius 1 is 1.09 bits per heavy atom. The molecule has 0 saturated carbocycles. The topological polar surface area (TPSA) is 79.0 Å². The lowest BCUT2D eigenvalue weighted by Crippen LogP contribution is -2.45. The number of carbonyl (C=O) groups is 1. The van der Waals surface area contributed by atoms with Crippen molar-refractivity contribution < 1.29 is 17.9 Å². The highest BCUT2D eigenvalue weighted by atomic mass is 32.2. The van der Waals surface area contributed by atoms with Gasteiger partial charge in [-0.1, -0.05) is 44.2 Å². The second-order valence-electron chi connectivity index (χ2n) is 8.25. The molecule has 1 amide bonds. The van der Waals surface area contributed by atoms with Gasteiger partial charge >= 0.3 is 0 Å². The molecule has 0 aromatic heterocycles. The van der Waals surface area contributed by atoms with Gasteiger partial charge in [0.05, 0.1) is 18.0 Å². The zero-order valence-electron chi connectivity index (χ0n) is 19.7. The second-order valence-corrected chi connectivity index (χ2v) is 10.2. The Labute approximate surface area is 197 Å². The van der Waals surface area contributed by atoms with Crippen LogP contribution in [0.5, 0.6) is 5.75 Å². The van der Waals surface area contributed by atoms with Gasteiger partial charge in [0.25, 0.3) is 0 Å². The van der Waals surface area contributed by atoms with Gasteiger partial charge in [-0.25, -0.2) is 8.42 Å². The van der Waals surface area contributed by atoms with E-state index >= 15 is 0 Å². The summed E-state index contributed by atoms with van der Waals surface area (Å²) in [5.41, 5.74) is 1.10. The van der Waals surface area contributed by atoms with Gasteiger partial charge in [-0.3, -0.25) is 9.69 Å². The highest BCUT2D eigenvalue weighted by Gasteiger charge is 2.32. The molecular weight excluding hydrogens is 438 g/mol. The number of rotatable bonds is 10. The number of hydrogen-bond donors (Lipinski definition) is 1. The van der Waals surface area contributed by atoms with Gasteiger partial charge in [-0.2, -0.15) is 4.31 Å². The van der Waals surface area contributed by atoms with Crippen LogP contribution in [0.25, 0.3) is 0 Å². The van der Waals surface area contributed by atoms with Crippen LogP contribution in [0.15, 0.2) is 59.5 Å². The molecule has 8 heteroatoms. The molecule has 1 fully saturated rings. The van der Waals surface area contributed by atoms with Gasteiger partial charge in [0.15, 0.2) is 0 Å². The Hall–Kier alpha value is -2.42. The maximum atomic E-state index is 13.0. The average molecular weight is 474 g/mol. The van der Waals surface area contributed by atoms with Gasteiger partial charge in [-0.05, 0) is 55.8 Å². The van der Waals surface area contributed by atoms with E-state index in [-0.39, 0.29) is 17.9 Å². The molecule has 180 valence electrons. The molecule has 2 aromatic rings. The van der Waals surface area contributed by atoms with Crippen LogP contribution in [0, 0.1) is 5.92 Å². The van der Waals surface area contributed by atoms with Crippen molar-refractivity contribution in [3.8, 4) is 5.75 Å². The van der Waals surface area contributed by atoms with E-state index in [0.717, 1.165) is 24.4 Å². The molecule has 1 aliphatic heterocycles. The summed E-state index contributed by atoms with van der Waals surface area (Å²) in [5, 5.41) is 3.13. The van der Waals surface area contributed by atoms with Gasteiger partial charge < -0.3 is 10.1 Å². The fraction of sp³-hybridized carbons (Fsp3) is 0.480. The SMILES string of the molecule is CCN(CC)C(CNC(=O)C1CCN(S(=O)(=O)c2ccccc2)CC1)c1cccc(OC)c1. The summed E-state index contributed by atoms with van der Waals surface area (Å²) >= 11 is 0. The number of methoxy groups -OCH3 is 1. The van der Waals surface area contributed by atoms with E-state index in [1.165, 1.54) is 4.31 Å². The van der Waals surface area contributed by atoms with Crippen molar-refractivity contribution in [2.24, 2.45) is 5.92 Å². The average Bonchev–Trinajstić information content (AvgIpc) is 2.87. The standard InChI is InChI=1S/C25H35N3O4S/c1-4-27(5-2)24(21-10-9-11-22(18-21)32-3)19-26-25(29)20-14-16-28(17-15-20)33(30,31)23-12-7-6-8-13-23/h6-13,18,20,24H,4-5,14-17,19H2,1-3H3,(H,26,29). The van der Waals surface area contributed by atoms with E-state index in [9.17, 15) is 13.2 Å². The predicted octanol–water partition coefficient (Wildman–Crippen LogP) is 3.30. The molecule has 1 aliphatic rings. The first kappa shape index (κ1) is 25.2. The van der Waals surface area contributed by atoms with Crippen molar-refractivity contribution in [2.75, 3.05) is 39.8 Å². The molecule has 0 aliphatic carbocycles. The Morgan fingerprint density at radius 3 is 2.36 bits per heavy atom. The Balaban J connectivity index is 1.61. The summed E-state index contributed by atoms with van der Waals surface area (Å²) in [6.07, 6.45) is 1.04. The van der Waals surface area contributed by atoms with Crippen LogP contribution in [-0.4, -0.2) is 63.4 Å². The molecule has 0 spiro atoms. The maximum absolute atomic E-state index is 13.0. The molecule has 2 aromatic carbocycles. The second kappa shape index (κ2) is 11.6. The van der Waals surface area contributed by atoms with E-state index in [2.05, 4.69) is 30.1 Å². The summed E-state index contributed by atoms with van der Waals surface area (Å²) in [7, 11) is -1.86. The number of carbonyl (C=O) groups excluding carboxylic acids is 1.